The SMILES string of the molecule is O=C(O)CCC(CCCCNC(=O)c1ccccc1)C(=O)O. The molecule has 1 aromatic rings. The number of carbonyl (C=O) groups excluding carboxylic acids is 1. The molecular weight excluding hydrogens is 286 g/mol. The van der Waals surface area contributed by atoms with E-state index in [-0.39, 0.29) is 18.7 Å². The molecule has 0 fully saturated rings. The number of nitrogens with one attached hydrogen (secondary N) is 1. The number of carbonyl (C=O) groups is 3. The van der Waals surface area contributed by atoms with Crippen LogP contribution in [-0.2, 0) is 9.59 Å². The summed E-state index contributed by atoms with van der Waals surface area (Å²) in [6.45, 7) is 0.471. The predicted molar refractivity (Wildman–Crippen MR) is 80.6 cm³/mol. The zero-order valence-corrected chi connectivity index (χ0v) is 12.3. The Balaban J connectivity index is 2.22. The number of aliphatic carboxylic acids is 2. The Hall–Kier alpha value is -2.37. The Bertz CT molecular complexity index is 501. The third-order valence-electron chi connectivity index (χ3n) is 3.36. The van der Waals surface area contributed by atoms with E-state index in [0.29, 0.717) is 31.4 Å². The number of benzene rings is 1. The number of unbranched alkanes of at least 4 members (excludes halogenated alkanes) is 1. The molecule has 0 bridgehead atoms. The van der Waals surface area contributed by atoms with Crippen molar-refractivity contribution in [3.63, 3.8) is 0 Å². The van der Waals surface area contributed by atoms with Gasteiger partial charge in [-0.15, -0.1) is 0 Å². The van der Waals surface area contributed by atoms with Crippen molar-refractivity contribution in [1.29, 1.82) is 0 Å². The van der Waals surface area contributed by atoms with Crippen LogP contribution in [0.15, 0.2) is 30.3 Å². The second-order valence-electron chi connectivity index (χ2n) is 5.09. The molecule has 120 valence electrons. The number of hydrogen-bond donors (Lipinski definition) is 3. The molecule has 22 heavy (non-hydrogen) atoms. The van der Waals surface area contributed by atoms with Gasteiger partial charge in [-0.1, -0.05) is 24.6 Å². The van der Waals surface area contributed by atoms with Crippen molar-refractivity contribution in [3.8, 4) is 0 Å². The molecule has 1 atom stereocenters. The van der Waals surface area contributed by atoms with Crippen LogP contribution in [0, 0.1) is 5.92 Å². The van der Waals surface area contributed by atoms with Crippen molar-refractivity contribution in [3.05, 3.63) is 35.9 Å². The maximum Gasteiger partial charge on any atom is 0.306 e. The van der Waals surface area contributed by atoms with E-state index in [1.165, 1.54) is 0 Å². The first-order chi connectivity index (χ1) is 10.5. The molecule has 0 spiro atoms. The second kappa shape index (κ2) is 9.55. The molecule has 1 rings (SSSR count). The number of carboxylic acid groups (broad SMARTS) is 2. The van der Waals surface area contributed by atoms with E-state index in [1.54, 1.807) is 24.3 Å². The first kappa shape index (κ1) is 17.7. The van der Waals surface area contributed by atoms with Gasteiger partial charge >= 0.3 is 11.9 Å². The lowest BCUT2D eigenvalue weighted by Crippen LogP contribution is -2.24. The molecule has 1 amide bonds. The average molecular weight is 307 g/mol. The van der Waals surface area contributed by atoms with Crippen LogP contribution >= 0.6 is 0 Å². The average Bonchev–Trinajstić information content (AvgIpc) is 2.50. The van der Waals surface area contributed by atoms with Crippen molar-refractivity contribution in [2.45, 2.75) is 32.1 Å². The molecule has 3 N–H and O–H groups in total. The highest BCUT2D eigenvalue weighted by atomic mass is 16.4. The molecule has 0 saturated carbocycles. The molecule has 0 radical (unpaired) electrons. The zero-order chi connectivity index (χ0) is 16.4. The Labute approximate surface area is 129 Å². The summed E-state index contributed by atoms with van der Waals surface area (Å²) in [5.41, 5.74) is 0.590. The minimum absolute atomic E-state index is 0.137. The zero-order valence-electron chi connectivity index (χ0n) is 12.3. The Kier molecular flexibility index (Phi) is 7.67. The van der Waals surface area contributed by atoms with Gasteiger partial charge in [0.25, 0.3) is 5.91 Å². The van der Waals surface area contributed by atoms with Crippen molar-refractivity contribution in [1.82, 2.24) is 5.32 Å². The summed E-state index contributed by atoms with van der Waals surface area (Å²) in [4.78, 5) is 33.2. The molecule has 0 aliphatic rings. The van der Waals surface area contributed by atoms with Crippen molar-refractivity contribution in [2.24, 2.45) is 5.92 Å². The quantitative estimate of drug-likeness (QED) is 0.575. The summed E-state index contributed by atoms with van der Waals surface area (Å²) in [6, 6.07) is 8.85. The van der Waals surface area contributed by atoms with Gasteiger partial charge in [0, 0.05) is 18.5 Å². The Morgan fingerprint density at radius 1 is 1.00 bits per heavy atom. The topological polar surface area (TPSA) is 104 Å². The van der Waals surface area contributed by atoms with Crippen LogP contribution in [0.5, 0.6) is 0 Å². The third kappa shape index (κ3) is 6.88. The standard InChI is InChI=1S/C16H21NO5/c18-14(19)10-9-13(16(21)22)8-4-5-11-17-15(20)12-6-2-1-3-7-12/h1-3,6-7,13H,4-5,8-11H2,(H,17,20)(H,18,19)(H,21,22). The van der Waals surface area contributed by atoms with E-state index in [4.69, 9.17) is 10.2 Å². The lowest BCUT2D eigenvalue weighted by molar-refractivity contribution is -0.143. The number of hydrogen-bond acceptors (Lipinski definition) is 3. The third-order valence-corrected chi connectivity index (χ3v) is 3.36. The minimum Gasteiger partial charge on any atom is -0.481 e. The van der Waals surface area contributed by atoms with Crippen molar-refractivity contribution >= 4 is 17.8 Å². The molecule has 6 heteroatoms. The molecule has 0 aliphatic heterocycles. The van der Waals surface area contributed by atoms with Gasteiger partial charge in [-0.25, -0.2) is 0 Å². The molecule has 0 heterocycles. The smallest absolute Gasteiger partial charge is 0.306 e. The molecular formula is C16H21NO5. The lowest BCUT2D eigenvalue weighted by atomic mass is 9.97. The van der Waals surface area contributed by atoms with Crippen LogP contribution in [-0.4, -0.2) is 34.6 Å². The van der Waals surface area contributed by atoms with Gasteiger partial charge in [0.1, 0.15) is 0 Å². The molecule has 0 aliphatic carbocycles. The van der Waals surface area contributed by atoms with Gasteiger partial charge in [-0.05, 0) is 31.4 Å². The van der Waals surface area contributed by atoms with E-state index in [1.807, 2.05) is 6.07 Å². The van der Waals surface area contributed by atoms with Crippen molar-refractivity contribution < 1.29 is 24.6 Å². The number of rotatable bonds is 10. The van der Waals surface area contributed by atoms with E-state index in [2.05, 4.69) is 5.32 Å². The van der Waals surface area contributed by atoms with Gasteiger partial charge in [0.2, 0.25) is 0 Å². The summed E-state index contributed by atoms with van der Waals surface area (Å²) in [5, 5.41) is 20.4. The van der Waals surface area contributed by atoms with Gasteiger partial charge in [-0.3, -0.25) is 14.4 Å². The first-order valence-corrected chi connectivity index (χ1v) is 7.28. The van der Waals surface area contributed by atoms with Crippen LogP contribution in [0.3, 0.4) is 0 Å². The molecule has 0 aromatic heterocycles. The maximum absolute atomic E-state index is 11.8. The summed E-state index contributed by atoms with van der Waals surface area (Å²) >= 11 is 0. The lowest BCUT2D eigenvalue weighted by Gasteiger charge is -2.11. The highest BCUT2D eigenvalue weighted by molar-refractivity contribution is 5.94. The highest BCUT2D eigenvalue weighted by Gasteiger charge is 2.18. The van der Waals surface area contributed by atoms with Crippen LogP contribution in [0.1, 0.15) is 42.5 Å². The largest absolute Gasteiger partial charge is 0.481 e. The summed E-state index contributed by atoms with van der Waals surface area (Å²) in [7, 11) is 0. The van der Waals surface area contributed by atoms with E-state index < -0.39 is 17.9 Å². The minimum atomic E-state index is -0.985. The van der Waals surface area contributed by atoms with Crippen LogP contribution in [0.25, 0.3) is 0 Å². The van der Waals surface area contributed by atoms with Gasteiger partial charge in [-0.2, -0.15) is 0 Å². The molecule has 1 aromatic carbocycles. The fraction of sp³-hybridized carbons (Fsp3) is 0.438. The van der Waals surface area contributed by atoms with E-state index in [9.17, 15) is 14.4 Å². The molecule has 1 unspecified atom stereocenters. The van der Waals surface area contributed by atoms with E-state index in [0.717, 1.165) is 0 Å². The summed E-state index contributed by atoms with van der Waals surface area (Å²) in [6.07, 6.45) is 1.72. The molecule has 0 saturated heterocycles. The highest BCUT2D eigenvalue weighted by Crippen LogP contribution is 2.15. The number of amides is 1. The normalized spacial score (nSPS) is 11.6. The van der Waals surface area contributed by atoms with E-state index >= 15 is 0 Å². The van der Waals surface area contributed by atoms with Crippen LogP contribution in [0.4, 0.5) is 0 Å². The Morgan fingerprint density at radius 3 is 2.27 bits per heavy atom. The second-order valence-corrected chi connectivity index (χ2v) is 5.09. The maximum atomic E-state index is 11.8. The van der Waals surface area contributed by atoms with Crippen molar-refractivity contribution in [2.75, 3.05) is 6.54 Å². The predicted octanol–water partition coefficient (Wildman–Crippen LogP) is 2.15. The summed E-state index contributed by atoms with van der Waals surface area (Å²) < 4.78 is 0. The monoisotopic (exact) mass is 307 g/mol. The molecule has 6 nitrogen and oxygen atoms in total. The van der Waals surface area contributed by atoms with Crippen LogP contribution in [0.2, 0.25) is 0 Å². The van der Waals surface area contributed by atoms with Gasteiger partial charge in [0.15, 0.2) is 0 Å². The Morgan fingerprint density at radius 2 is 1.68 bits per heavy atom. The van der Waals surface area contributed by atoms with Gasteiger partial charge in [0.05, 0.1) is 5.92 Å². The summed E-state index contributed by atoms with van der Waals surface area (Å²) in [5.74, 6) is -2.74. The fourth-order valence-corrected chi connectivity index (χ4v) is 2.10. The van der Waals surface area contributed by atoms with Crippen LogP contribution < -0.4 is 5.32 Å². The van der Waals surface area contributed by atoms with Gasteiger partial charge < -0.3 is 15.5 Å². The fourth-order valence-electron chi connectivity index (χ4n) is 2.10. The number of carboxylic acids is 2. The first-order valence-electron chi connectivity index (χ1n) is 7.28.